The van der Waals surface area contributed by atoms with Crippen molar-refractivity contribution in [1.82, 2.24) is 15.2 Å². The molecule has 1 aromatic heterocycles. The molecule has 0 aromatic carbocycles. The summed E-state index contributed by atoms with van der Waals surface area (Å²) in [6, 6.07) is 2.51. The van der Waals surface area contributed by atoms with Crippen molar-refractivity contribution in [3.05, 3.63) is 28.0 Å². The molecular weight excluding hydrogens is 345 g/mol. The number of amides is 2. The smallest absolute Gasteiger partial charge is 0.275 e. The number of aromatic nitrogens is 1. The largest absolute Gasteiger partial charge is 0.350 e. The van der Waals surface area contributed by atoms with Gasteiger partial charge in [0, 0.05) is 11.3 Å². The summed E-state index contributed by atoms with van der Waals surface area (Å²) < 4.78 is 0. The molecule has 1 aliphatic heterocycles. The molecule has 2 amide bonds. The highest BCUT2D eigenvalue weighted by Gasteiger charge is 2.37. The second kappa shape index (κ2) is 6.64. The number of nitrogens with zero attached hydrogens (tertiary/aromatic N) is 2. The van der Waals surface area contributed by atoms with E-state index < -0.39 is 6.04 Å². The van der Waals surface area contributed by atoms with E-state index in [-0.39, 0.29) is 33.2 Å². The number of carbonyl (C=O) groups is 2. The Morgan fingerprint density at radius 2 is 2.05 bits per heavy atom. The molecule has 1 atom stereocenters. The van der Waals surface area contributed by atoms with Gasteiger partial charge in [-0.3, -0.25) is 9.59 Å². The molecule has 8 heteroatoms. The lowest BCUT2D eigenvalue weighted by Crippen LogP contribution is -2.52. The molecule has 2 heterocycles. The van der Waals surface area contributed by atoms with Gasteiger partial charge in [-0.15, -0.1) is 11.8 Å². The van der Waals surface area contributed by atoms with Crippen LogP contribution in [0.3, 0.4) is 0 Å². The lowest BCUT2D eigenvalue weighted by molar-refractivity contribution is -0.125. The van der Waals surface area contributed by atoms with Crippen molar-refractivity contribution in [3.63, 3.8) is 0 Å². The van der Waals surface area contributed by atoms with Crippen LogP contribution in [0.1, 0.15) is 31.3 Å². The first-order valence-electron chi connectivity index (χ1n) is 6.72. The number of carbonyl (C=O) groups excluding carboxylic acids is 2. The second-order valence-corrected chi connectivity index (χ2v) is 7.79. The van der Waals surface area contributed by atoms with Gasteiger partial charge in [-0.1, -0.05) is 23.2 Å². The molecule has 0 aliphatic carbocycles. The molecular formula is C14H17Cl2N3O2S. The summed E-state index contributed by atoms with van der Waals surface area (Å²) in [4.78, 5) is 30.5. The molecule has 1 N–H and O–H groups in total. The summed E-state index contributed by atoms with van der Waals surface area (Å²) >= 11 is 13.4. The fraction of sp³-hybridized carbons (Fsp3) is 0.500. The summed E-state index contributed by atoms with van der Waals surface area (Å²) in [6.45, 7) is 5.69. The molecule has 1 aliphatic rings. The maximum atomic E-state index is 12.6. The maximum Gasteiger partial charge on any atom is 0.275 e. The highest BCUT2D eigenvalue weighted by atomic mass is 35.5. The third-order valence-corrected chi connectivity index (χ3v) is 4.49. The monoisotopic (exact) mass is 361 g/mol. The molecule has 0 spiro atoms. The number of nitrogens with one attached hydrogen (secondary N) is 1. The van der Waals surface area contributed by atoms with Crippen LogP contribution in [0, 0.1) is 0 Å². The maximum absolute atomic E-state index is 12.6. The minimum atomic E-state index is -0.534. The summed E-state index contributed by atoms with van der Waals surface area (Å²) in [5.41, 5.74) is -0.282. The van der Waals surface area contributed by atoms with E-state index in [0.29, 0.717) is 11.6 Å². The van der Waals surface area contributed by atoms with Crippen molar-refractivity contribution < 1.29 is 9.59 Å². The van der Waals surface area contributed by atoms with Crippen LogP contribution in [-0.2, 0) is 4.79 Å². The van der Waals surface area contributed by atoms with Crippen molar-refractivity contribution >= 4 is 46.8 Å². The van der Waals surface area contributed by atoms with Gasteiger partial charge in [-0.05, 0) is 32.9 Å². The van der Waals surface area contributed by atoms with Crippen molar-refractivity contribution in [3.8, 4) is 0 Å². The fourth-order valence-electron chi connectivity index (χ4n) is 2.02. The van der Waals surface area contributed by atoms with Crippen LogP contribution in [0.5, 0.6) is 0 Å². The Morgan fingerprint density at radius 3 is 2.68 bits per heavy atom. The van der Waals surface area contributed by atoms with E-state index in [9.17, 15) is 9.59 Å². The predicted molar refractivity (Wildman–Crippen MR) is 89.4 cm³/mol. The number of halogens is 2. The third-order valence-electron chi connectivity index (χ3n) is 2.96. The number of hydrogen-bond donors (Lipinski definition) is 1. The third kappa shape index (κ3) is 4.06. The van der Waals surface area contributed by atoms with E-state index in [1.54, 1.807) is 0 Å². The van der Waals surface area contributed by atoms with Gasteiger partial charge in [-0.25, -0.2) is 4.98 Å². The van der Waals surface area contributed by atoms with E-state index in [0.717, 1.165) is 0 Å². The SMILES string of the molecule is CC(C)(C)NC(=O)[C@@H]1CSCN1C(=O)c1nc(Cl)ccc1Cl. The van der Waals surface area contributed by atoms with E-state index in [4.69, 9.17) is 23.2 Å². The molecule has 5 nitrogen and oxygen atoms in total. The van der Waals surface area contributed by atoms with E-state index in [2.05, 4.69) is 10.3 Å². The molecule has 0 radical (unpaired) electrons. The topological polar surface area (TPSA) is 62.3 Å². The molecule has 0 bridgehead atoms. The van der Waals surface area contributed by atoms with Crippen molar-refractivity contribution in [2.45, 2.75) is 32.4 Å². The van der Waals surface area contributed by atoms with Crippen LogP contribution in [0.15, 0.2) is 12.1 Å². The molecule has 2 rings (SSSR count). The average molecular weight is 362 g/mol. The number of thioether (sulfide) groups is 1. The number of rotatable bonds is 2. The highest BCUT2D eigenvalue weighted by Crippen LogP contribution is 2.26. The molecule has 22 heavy (non-hydrogen) atoms. The normalized spacial score (nSPS) is 18.4. The lowest BCUT2D eigenvalue weighted by Gasteiger charge is -2.27. The summed E-state index contributed by atoms with van der Waals surface area (Å²) in [5, 5.41) is 3.31. The molecule has 0 saturated carbocycles. The number of pyridine rings is 1. The Morgan fingerprint density at radius 1 is 1.36 bits per heavy atom. The summed E-state index contributed by atoms with van der Waals surface area (Å²) in [5.74, 6) is 0.410. The minimum absolute atomic E-state index is 0.0743. The summed E-state index contributed by atoms with van der Waals surface area (Å²) in [7, 11) is 0. The number of hydrogen-bond acceptors (Lipinski definition) is 4. The lowest BCUT2D eigenvalue weighted by atomic mass is 10.1. The van der Waals surface area contributed by atoms with Gasteiger partial charge >= 0.3 is 0 Å². The average Bonchev–Trinajstić information content (AvgIpc) is 2.88. The van der Waals surface area contributed by atoms with Crippen molar-refractivity contribution in [2.24, 2.45) is 0 Å². The quantitative estimate of drug-likeness (QED) is 0.822. The van der Waals surface area contributed by atoms with E-state index in [1.807, 2.05) is 20.8 Å². The molecule has 1 saturated heterocycles. The van der Waals surface area contributed by atoms with Crippen LogP contribution < -0.4 is 5.32 Å². The van der Waals surface area contributed by atoms with Crippen LogP contribution in [-0.4, -0.2) is 44.9 Å². The predicted octanol–water partition coefficient (Wildman–Crippen LogP) is 2.82. The minimum Gasteiger partial charge on any atom is -0.350 e. The van der Waals surface area contributed by atoms with Gasteiger partial charge in [0.15, 0.2) is 0 Å². The van der Waals surface area contributed by atoms with Gasteiger partial charge < -0.3 is 10.2 Å². The van der Waals surface area contributed by atoms with Crippen LogP contribution in [0.25, 0.3) is 0 Å². The van der Waals surface area contributed by atoms with Gasteiger partial charge in [0.1, 0.15) is 16.9 Å². The Kier molecular flexibility index (Phi) is 5.25. The van der Waals surface area contributed by atoms with E-state index >= 15 is 0 Å². The first kappa shape index (κ1) is 17.4. The molecule has 1 aromatic rings. The zero-order valence-electron chi connectivity index (χ0n) is 12.5. The van der Waals surface area contributed by atoms with Crippen LogP contribution >= 0.6 is 35.0 Å². The molecule has 120 valence electrons. The first-order chi connectivity index (χ1) is 10.2. The Bertz CT molecular complexity index is 604. The van der Waals surface area contributed by atoms with Gasteiger partial charge in [0.2, 0.25) is 5.91 Å². The van der Waals surface area contributed by atoms with Crippen molar-refractivity contribution in [1.29, 1.82) is 0 Å². The zero-order chi connectivity index (χ0) is 16.5. The molecule has 1 fully saturated rings. The second-order valence-electron chi connectivity index (χ2n) is 5.99. The van der Waals surface area contributed by atoms with Gasteiger partial charge in [-0.2, -0.15) is 0 Å². The standard InChI is InChI=1S/C14H17Cl2N3O2S/c1-14(2,3)18-12(20)9-6-22-7-19(9)13(21)11-8(15)4-5-10(16)17-11/h4-5,9H,6-7H2,1-3H3,(H,18,20)/t9-/m0/s1. The Labute approximate surface area is 143 Å². The van der Waals surface area contributed by atoms with Gasteiger partial charge in [0.25, 0.3) is 5.91 Å². The van der Waals surface area contributed by atoms with Crippen LogP contribution in [0.2, 0.25) is 10.2 Å². The van der Waals surface area contributed by atoms with Gasteiger partial charge in [0.05, 0.1) is 10.9 Å². The highest BCUT2D eigenvalue weighted by molar-refractivity contribution is 7.99. The van der Waals surface area contributed by atoms with Crippen LogP contribution in [0.4, 0.5) is 0 Å². The fourth-order valence-corrected chi connectivity index (χ4v) is 3.50. The molecule has 0 unspecified atom stereocenters. The Hall–Kier alpha value is -0.980. The zero-order valence-corrected chi connectivity index (χ0v) is 14.8. The first-order valence-corrected chi connectivity index (χ1v) is 8.63. The van der Waals surface area contributed by atoms with E-state index in [1.165, 1.54) is 28.8 Å². The Balaban J connectivity index is 2.21. The van der Waals surface area contributed by atoms with Crippen molar-refractivity contribution in [2.75, 3.05) is 11.6 Å². The summed E-state index contributed by atoms with van der Waals surface area (Å²) in [6.07, 6.45) is 0.